The summed E-state index contributed by atoms with van der Waals surface area (Å²) in [6.07, 6.45) is -2.61. The first kappa shape index (κ1) is 37.1. The fourth-order valence-electron chi connectivity index (χ4n) is 6.14. The minimum atomic E-state index is -1.30. The lowest BCUT2D eigenvalue weighted by atomic mass is 9.92. The molecular formula is C39H41ClN2O9. The molecule has 2 amide bonds. The van der Waals surface area contributed by atoms with Gasteiger partial charge in [0.2, 0.25) is 5.91 Å². The molecule has 1 aliphatic rings. The Morgan fingerprint density at radius 1 is 0.941 bits per heavy atom. The van der Waals surface area contributed by atoms with Gasteiger partial charge in [-0.05, 0) is 54.1 Å². The minimum absolute atomic E-state index is 0.0406. The van der Waals surface area contributed by atoms with Gasteiger partial charge in [0.25, 0.3) is 5.91 Å². The van der Waals surface area contributed by atoms with Gasteiger partial charge >= 0.3 is 11.9 Å². The van der Waals surface area contributed by atoms with Crippen LogP contribution in [0.1, 0.15) is 61.7 Å². The molecule has 2 atom stereocenters. The molecule has 0 radical (unpaired) electrons. The van der Waals surface area contributed by atoms with Crippen molar-refractivity contribution >= 4 is 57.5 Å². The summed E-state index contributed by atoms with van der Waals surface area (Å²) in [6, 6.07) is 21.0. The largest absolute Gasteiger partial charge is 0.493 e. The number of methoxy groups -OCH3 is 2. The fraction of sp³-hybridized carbons (Fsp3) is 0.333. The predicted molar refractivity (Wildman–Crippen MR) is 194 cm³/mol. The zero-order valence-electron chi connectivity index (χ0n) is 29.4. The normalized spacial score (nSPS) is 15.8. The highest BCUT2D eigenvalue weighted by molar-refractivity contribution is 6.30. The average molecular weight is 717 g/mol. The summed E-state index contributed by atoms with van der Waals surface area (Å²) in [5.41, 5.74) is 1.56. The number of carbonyl (C=O) groups is 4. The molecule has 0 unspecified atom stereocenters. The highest BCUT2D eigenvalue weighted by atomic mass is 35.5. The number of carbonyl (C=O) groups excluding carboxylic acids is 4. The molecule has 0 saturated heterocycles. The van der Waals surface area contributed by atoms with Crippen LogP contribution >= 0.6 is 11.6 Å². The molecule has 5 rings (SSSR count). The van der Waals surface area contributed by atoms with Crippen molar-refractivity contribution in [1.82, 2.24) is 0 Å². The molecule has 11 nitrogen and oxygen atoms in total. The number of benzene rings is 4. The van der Waals surface area contributed by atoms with Crippen LogP contribution in [0.3, 0.4) is 0 Å². The molecule has 1 N–H and O–H groups in total. The average Bonchev–Trinajstić information content (AvgIpc) is 3.20. The molecule has 0 aromatic heterocycles. The molecule has 1 heterocycles. The second-order valence-corrected chi connectivity index (χ2v) is 13.3. The molecule has 0 saturated carbocycles. The van der Waals surface area contributed by atoms with Crippen molar-refractivity contribution in [3.63, 3.8) is 0 Å². The van der Waals surface area contributed by atoms with Gasteiger partial charge in [0.05, 0.1) is 39.4 Å². The van der Waals surface area contributed by atoms with E-state index in [-0.39, 0.29) is 26.2 Å². The van der Waals surface area contributed by atoms with E-state index in [4.69, 9.17) is 35.3 Å². The van der Waals surface area contributed by atoms with Gasteiger partial charge in [-0.2, -0.15) is 0 Å². The number of amides is 2. The number of anilines is 2. The molecular weight excluding hydrogens is 676 g/mol. The minimum Gasteiger partial charge on any atom is -0.493 e. The van der Waals surface area contributed by atoms with Crippen LogP contribution in [0, 0.1) is 5.41 Å². The second kappa shape index (κ2) is 15.8. The van der Waals surface area contributed by atoms with E-state index in [0.29, 0.717) is 50.0 Å². The van der Waals surface area contributed by atoms with Crippen molar-refractivity contribution in [3.05, 3.63) is 94.5 Å². The van der Waals surface area contributed by atoms with Crippen LogP contribution in [0.5, 0.6) is 11.5 Å². The Kier molecular flexibility index (Phi) is 11.5. The molecule has 0 fully saturated rings. The maximum absolute atomic E-state index is 14.6. The lowest BCUT2D eigenvalue weighted by Gasteiger charge is -2.33. The van der Waals surface area contributed by atoms with Crippen molar-refractivity contribution in [2.45, 2.75) is 46.3 Å². The van der Waals surface area contributed by atoms with Crippen LogP contribution in [0.4, 0.5) is 11.4 Å². The van der Waals surface area contributed by atoms with Gasteiger partial charge in [0.1, 0.15) is 12.2 Å². The molecule has 268 valence electrons. The van der Waals surface area contributed by atoms with Crippen LogP contribution in [0.25, 0.3) is 10.8 Å². The van der Waals surface area contributed by atoms with E-state index in [1.54, 1.807) is 66.4 Å². The molecule has 0 spiro atoms. The first-order chi connectivity index (χ1) is 24.3. The number of nitrogens with one attached hydrogen (secondary N) is 1. The molecule has 4 aromatic rings. The summed E-state index contributed by atoms with van der Waals surface area (Å²) in [7, 11) is 3.02. The predicted octanol–water partition coefficient (Wildman–Crippen LogP) is 7.13. The Labute approximate surface area is 301 Å². The maximum Gasteiger partial charge on any atom is 0.338 e. The zero-order valence-corrected chi connectivity index (χ0v) is 30.2. The van der Waals surface area contributed by atoms with E-state index in [0.717, 1.165) is 5.39 Å². The molecule has 12 heteroatoms. The first-order valence-corrected chi connectivity index (χ1v) is 16.8. The van der Waals surface area contributed by atoms with Crippen LogP contribution in [-0.2, 0) is 28.6 Å². The maximum atomic E-state index is 14.6. The number of halogens is 1. The van der Waals surface area contributed by atoms with Gasteiger partial charge < -0.3 is 33.9 Å². The number of ether oxygens (including phenoxy) is 5. The van der Waals surface area contributed by atoms with Gasteiger partial charge in [-0.25, -0.2) is 4.79 Å². The Morgan fingerprint density at radius 2 is 1.71 bits per heavy atom. The highest BCUT2D eigenvalue weighted by Gasteiger charge is 2.41. The Hall–Kier alpha value is -5.13. The Balaban J connectivity index is 1.57. The van der Waals surface area contributed by atoms with Gasteiger partial charge in [-0.1, -0.05) is 61.8 Å². The Bertz CT molecular complexity index is 1960. The number of hydrogen-bond donors (Lipinski definition) is 1. The van der Waals surface area contributed by atoms with E-state index >= 15 is 0 Å². The summed E-state index contributed by atoms with van der Waals surface area (Å²) < 4.78 is 28.6. The second-order valence-electron chi connectivity index (χ2n) is 12.9. The number of para-hydroxylation sites is 1. The quantitative estimate of drug-likeness (QED) is 0.152. The van der Waals surface area contributed by atoms with E-state index < -0.39 is 41.4 Å². The van der Waals surface area contributed by atoms with Crippen molar-refractivity contribution < 1.29 is 42.9 Å². The number of rotatable bonds is 12. The van der Waals surface area contributed by atoms with Crippen molar-refractivity contribution in [2.75, 3.05) is 44.2 Å². The lowest BCUT2D eigenvalue weighted by Crippen LogP contribution is -2.46. The SMILES string of the molecule is CCOC(=O)c1cc(NC(=O)C[C@H]2O[C@H](c3cccc(OC)c3OC)c3cc(Cl)ccc3N(CC(C)(C)COC(C)=O)C2=O)cc2ccccc12. The van der Waals surface area contributed by atoms with Crippen molar-refractivity contribution in [2.24, 2.45) is 5.41 Å². The van der Waals surface area contributed by atoms with Crippen LogP contribution < -0.4 is 19.7 Å². The molecule has 1 aliphatic heterocycles. The molecule has 51 heavy (non-hydrogen) atoms. The monoisotopic (exact) mass is 716 g/mol. The number of hydrogen-bond acceptors (Lipinski definition) is 9. The van der Waals surface area contributed by atoms with E-state index in [1.165, 1.54) is 21.1 Å². The van der Waals surface area contributed by atoms with Crippen molar-refractivity contribution in [3.8, 4) is 11.5 Å². The summed E-state index contributed by atoms with van der Waals surface area (Å²) in [6.45, 7) is 7.13. The molecule has 0 aliphatic carbocycles. The van der Waals surface area contributed by atoms with Gasteiger partial charge in [0, 0.05) is 46.4 Å². The van der Waals surface area contributed by atoms with E-state index in [2.05, 4.69) is 5.32 Å². The van der Waals surface area contributed by atoms with Gasteiger partial charge in [-0.15, -0.1) is 0 Å². The lowest BCUT2D eigenvalue weighted by molar-refractivity contribution is -0.144. The van der Waals surface area contributed by atoms with Crippen LogP contribution in [0.15, 0.2) is 72.8 Å². The summed E-state index contributed by atoms with van der Waals surface area (Å²) in [5.74, 6) is -1.15. The molecule has 4 aromatic carbocycles. The number of fused-ring (bicyclic) bond motifs is 2. The fourth-order valence-corrected chi connectivity index (χ4v) is 6.32. The highest BCUT2D eigenvalue weighted by Crippen LogP contribution is 2.45. The zero-order chi connectivity index (χ0) is 36.9. The number of nitrogens with zero attached hydrogens (tertiary/aromatic N) is 1. The van der Waals surface area contributed by atoms with E-state index in [1.807, 2.05) is 32.0 Å². The van der Waals surface area contributed by atoms with Gasteiger partial charge in [0.15, 0.2) is 11.5 Å². The van der Waals surface area contributed by atoms with E-state index in [9.17, 15) is 19.2 Å². The third kappa shape index (κ3) is 8.44. The van der Waals surface area contributed by atoms with Crippen LogP contribution in [-0.4, -0.2) is 63.8 Å². The molecule has 0 bridgehead atoms. The third-order valence-electron chi connectivity index (χ3n) is 8.38. The topological polar surface area (TPSA) is 130 Å². The van der Waals surface area contributed by atoms with Crippen molar-refractivity contribution in [1.29, 1.82) is 0 Å². The summed E-state index contributed by atoms with van der Waals surface area (Å²) in [5, 5.41) is 4.66. The summed E-state index contributed by atoms with van der Waals surface area (Å²) in [4.78, 5) is 54.6. The van der Waals surface area contributed by atoms with Gasteiger partial charge in [-0.3, -0.25) is 14.4 Å². The number of esters is 2. The van der Waals surface area contributed by atoms with Crippen LogP contribution in [0.2, 0.25) is 5.02 Å². The smallest absolute Gasteiger partial charge is 0.338 e. The third-order valence-corrected chi connectivity index (χ3v) is 8.62. The Morgan fingerprint density at radius 3 is 2.41 bits per heavy atom. The first-order valence-electron chi connectivity index (χ1n) is 16.5. The summed E-state index contributed by atoms with van der Waals surface area (Å²) >= 11 is 6.55. The standard InChI is InChI=1S/C39H41ClN2O9/c1-7-49-38(46)29-19-26(17-24-11-8-9-12-27(24)29)41-34(44)20-33-37(45)42(21-39(3,4)22-50-23(2)43)31-16-15-25(40)18-30(31)35(51-33)28-13-10-14-32(47-5)36(28)48-6/h8-19,33,35H,7,20-22H2,1-6H3,(H,41,44)/t33-,35-/m1/s1.